The lowest BCUT2D eigenvalue weighted by molar-refractivity contribution is -0.155. The summed E-state index contributed by atoms with van der Waals surface area (Å²) in [5, 5.41) is 6.51. The molecular weight excluding hydrogens is 326 g/mol. The van der Waals surface area contributed by atoms with Crippen LogP contribution in [0.4, 0.5) is 0 Å². The molecule has 0 aliphatic carbocycles. The largest absolute Gasteiger partial charge is 0.453 e. The topological polar surface area (TPSA) is 89.5 Å². The van der Waals surface area contributed by atoms with Crippen molar-refractivity contribution in [3.63, 3.8) is 0 Å². The van der Waals surface area contributed by atoms with E-state index in [4.69, 9.17) is 4.74 Å². The number of thiophene rings is 1. The summed E-state index contributed by atoms with van der Waals surface area (Å²) in [6, 6.07) is 1.55. The average Bonchev–Trinajstić information content (AvgIpc) is 3.06. The molecule has 0 spiro atoms. The first kappa shape index (κ1) is 17.0. The van der Waals surface area contributed by atoms with Crippen molar-refractivity contribution < 1.29 is 22.7 Å². The van der Waals surface area contributed by atoms with Crippen LogP contribution in [0, 0.1) is 0 Å². The predicted octanol–water partition coefficient (Wildman–Crippen LogP) is 0.916. The van der Waals surface area contributed by atoms with Gasteiger partial charge < -0.3 is 10.1 Å². The third-order valence-electron chi connectivity index (χ3n) is 3.45. The van der Waals surface area contributed by atoms with E-state index in [1.54, 1.807) is 11.3 Å². The number of ether oxygens (including phenoxy) is 1. The van der Waals surface area contributed by atoms with Crippen LogP contribution >= 0.6 is 11.3 Å². The van der Waals surface area contributed by atoms with Gasteiger partial charge in [0.15, 0.2) is 15.9 Å². The minimum Gasteiger partial charge on any atom is -0.453 e. The second-order valence-electron chi connectivity index (χ2n) is 5.37. The minimum absolute atomic E-state index is 0.0441. The van der Waals surface area contributed by atoms with Crippen molar-refractivity contribution in [2.75, 3.05) is 11.5 Å². The molecule has 0 unspecified atom stereocenters. The molecule has 1 aliphatic heterocycles. The molecule has 2 heterocycles. The molecule has 2 atom stereocenters. The zero-order valence-corrected chi connectivity index (χ0v) is 13.9. The highest BCUT2D eigenvalue weighted by molar-refractivity contribution is 7.91. The Bertz CT molecular complexity index is 624. The first-order valence-corrected chi connectivity index (χ1v) is 9.83. The molecule has 1 aromatic heterocycles. The minimum atomic E-state index is -3.05. The summed E-state index contributed by atoms with van der Waals surface area (Å²) < 4.78 is 27.7. The van der Waals surface area contributed by atoms with E-state index >= 15 is 0 Å². The van der Waals surface area contributed by atoms with Crippen molar-refractivity contribution in [2.24, 2.45) is 0 Å². The number of esters is 1. The van der Waals surface area contributed by atoms with E-state index in [1.165, 1.54) is 6.92 Å². The van der Waals surface area contributed by atoms with Crippen LogP contribution < -0.4 is 5.32 Å². The van der Waals surface area contributed by atoms with Crippen molar-refractivity contribution in [3.05, 3.63) is 22.4 Å². The van der Waals surface area contributed by atoms with Crippen molar-refractivity contribution >= 4 is 33.1 Å². The SMILES string of the molecule is C[C@H](OC(=O)CCc1ccsc1)C(=O)N[C@@H]1CCS(=O)(=O)C1. The third-order valence-corrected chi connectivity index (χ3v) is 5.95. The number of sulfone groups is 1. The van der Waals surface area contributed by atoms with Crippen molar-refractivity contribution in [1.82, 2.24) is 5.32 Å². The second kappa shape index (κ2) is 7.23. The Morgan fingerprint density at radius 3 is 2.86 bits per heavy atom. The summed E-state index contributed by atoms with van der Waals surface area (Å²) in [4.78, 5) is 23.6. The summed E-state index contributed by atoms with van der Waals surface area (Å²) in [7, 11) is -3.05. The van der Waals surface area contributed by atoms with E-state index < -0.39 is 27.8 Å². The number of hydrogen-bond acceptors (Lipinski definition) is 6. The Morgan fingerprint density at radius 1 is 1.50 bits per heavy atom. The molecule has 22 heavy (non-hydrogen) atoms. The normalized spacial score (nSPS) is 21.2. The van der Waals surface area contributed by atoms with E-state index in [2.05, 4.69) is 5.32 Å². The molecule has 1 fully saturated rings. The molecule has 2 rings (SSSR count). The van der Waals surface area contributed by atoms with E-state index in [0.29, 0.717) is 12.8 Å². The van der Waals surface area contributed by atoms with Gasteiger partial charge in [-0.05, 0) is 42.2 Å². The molecule has 0 bridgehead atoms. The Hall–Kier alpha value is -1.41. The number of aryl methyl sites for hydroxylation is 1. The molecule has 6 nitrogen and oxygen atoms in total. The fourth-order valence-corrected chi connectivity index (χ4v) is 4.59. The maximum absolute atomic E-state index is 11.9. The van der Waals surface area contributed by atoms with Gasteiger partial charge in [-0.15, -0.1) is 0 Å². The van der Waals surface area contributed by atoms with Crippen LogP contribution in [0.2, 0.25) is 0 Å². The van der Waals surface area contributed by atoms with Gasteiger partial charge in [-0.2, -0.15) is 11.3 Å². The highest BCUT2D eigenvalue weighted by Gasteiger charge is 2.30. The first-order valence-electron chi connectivity index (χ1n) is 7.07. The van der Waals surface area contributed by atoms with Gasteiger partial charge in [0.1, 0.15) is 0 Å². The summed E-state index contributed by atoms with van der Waals surface area (Å²) in [6.07, 6.45) is 0.287. The van der Waals surface area contributed by atoms with Gasteiger partial charge in [0.25, 0.3) is 5.91 Å². The lowest BCUT2D eigenvalue weighted by Gasteiger charge is -2.16. The first-order chi connectivity index (χ1) is 10.4. The van der Waals surface area contributed by atoms with Gasteiger partial charge in [0.2, 0.25) is 0 Å². The van der Waals surface area contributed by atoms with Crippen LogP contribution in [0.5, 0.6) is 0 Å². The molecule has 122 valence electrons. The maximum Gasteiger partial charge on any atom is 0.306 e. The van der Waals surface area contributed by atoms with E-state index in [-0.39, 0.29) is 24.0 Å². The fraction of sp³-hybridized carbons (Fsp3) is 0.571. The van der Waals surface area contributed by atoms with E-state index in [9.17, 15) is 18.0 Å². The van der Waals surface area contributed by atoms with Gasteiger partial charge in [-0.1, -0.05) is 0 Å². The average molecular weight is 345 g/mol. The van der Waals surface area contributed by atoms with Crippen molar-refractivity contribution in [3.8, 4) is 0 Å². The second-order valence-corrected chi connectivity index (χ2v) is 8.38. The molecule has 1 N–H and O–H groups in total. The molecular formula is C14H19NO5S2. The Kier molecular flexibility index (Phi) is 5.57. The summed E-state index contributed by atoms with van der Waals surface area (Å²) in [5.74, 6) is -0.844. The number of amides is 1. The molecule has 0 aromatic carbocycles. The fourth-order valence-electron chi connectivity index (χ4n) is 2.22. The number of carbonyl (C=O) groups is 2. The molecule has 0 radical (unpaired) electrons. The lowest BCUT2D eigenvalue weighted by Crippen LogP contribution is -2.42. The van der Waals surface area contributed by atoms with E-state index in [0.717, 1.165) is 5.56 Å². The van der Waals surface area contributed by atoms with E-state index in [1.807, 2.05) is 16.8 Å². The monoisotopic (exact) mass is 345 g/mol. The standard InChI is InChI=1S/C14H19NO5S2/c1-10(14(17)15-12-5-7-22(18,19)9-12)20-13(16)3-2-11-4-6-21-8-11/h4,6,8,10,12H,2-3,5,7,9H2,1H3,(H,15,17)/t10-,12+/m0/s1. The zero-order valence-electron chi connectivity index (χ0n) is 12.3. The smallest absolute Gasteiger partial charge is 0.306 e. The Labute approximate surface area is 133 Å². The summed E-state index contributed by atoms with van der Waals surface area (Å²) in [6.45, 7) is 1.49. The molecule has 1 saturated heterocycles. The van der Waals surface area contributed by atoms with Gasteiger partial charge >= 0.3 is 5.97 Å². The summed E-state index contributed by atoms with van der Waals surface area (Å²) >= 11 is 1.56. The van der Waals surface area contributed by atoms with Gasteiger partial charge in [-0.3, -0.25) is 9.59 Å². The molecule has 1 aliphatic rings. The number of carbonyl (C=O) groups excluding carboxylic acids is 2. The Morgan fingerprint density at radius 2 is 2.27 bits per heavy atom. The lowest BCUT2D eigenvalue weighted by atomic mass is 10.2. The van der Waals surface area contributed by atoms with Crippen molar-refractivity contribution in [2.45, 2.75) is 38.3 Å². The van der Waals surface area contributed by atoms with Crippen LogP contribution in [0.3, 0.4) is 0 Å². The quantitative estimate of drug-likeness (QED) is 0.774. The zero-order chi connectivity index (χ0) is 16.2. The summed E-state index contributed by atoms with van der Waals surface area (Å²) in [5.41, 5.74) is 1.07. The third kappa shape index (κ3) is 5.10. The van der Waals surface area contributed by atoms with Crippen LogP contribution in [-0.4, -0.2) is 43.9 Å². The number of rotatable bonds is 6. The van der Waals surface area contributed by atoms with Gasteiger partial charge in [0.05, 0.1) is 11.5 Å². The highest BCUT2D eigenvalue weighted by atomic mass is 32.2. The van der Waals surface area contributed by atoms with Crippen LogP contribution in [0.25, 0.3) is 0 Å². The van der Waals surface area contributed by atoms with Crippen LogP contribution in [0.1, 0.15) is 25.3 Å². The van der Waals surface area contributed by atoms with Crippen molar-refractivity contribution in [1.29, 1.82) is 0 Å². The predicted molar refractivity (Wildman–Crippen MR) is 83.4 cm³/mol. The number of nitrogens with one attached hydrogen (secondary N) is 1. The van der Waals surface area contributed by atoms with Crippen LogP contribution in [-0.2, 0) is 30.6 Å². The molecule has 1 aromatic rings. The Balaban J connectivity index is 1.72. The highest BCUT2D eigenvalue weighted by Crippen LogP contribution is 2.12. The molecule has 8 heteroatoms. The molecule has 1 amide bonds. The maximum atomic E-state index is 11.9. The van der Waals surface area contributed by atoms with Gasteiger partial charge in [0, 0.05) is 12.5 Å². The van der Waals surface area contributed by atoms with Gasteiger partial charge in [-0.25, -0.2) is 8.42 Å². The number of hydrogen-bond donors (Lipinski definition) is 1. The molecule has 0 saturated carbocycles. The van der Waals surface area contributed by atoms with Crippen LogP contribution in [0.15, 0.2) is 16.8 Å².